The van der Waals surface area contributed by atoms with E-state index in [-0.39, 0.29) is 16.3 Å². The summed E-state index contributed by atoms with van der Waals surface area (Å²) < 4.78 is 10.1. The van der Waals surface area contributed by atoms with Crippen LogP contribution >= 0.6 is 23.2 Å². The third-order valence-corrected chi connectivity index (χ3v) is 4.06. The first-order valence-electron chi connectivity index (χ1n) is 7.52. The van der Waals surface area contributed by atoms with Crippen LogP contribution in [0.3, 0.4) is 0 Å². The van der Waals surface area contributed by atoms with Crippen molar-refractivity contribution in [3.63, 3.8) is 0 Å². The zero-order valence-corrected chi connectivity index (χ0v) is 15.7. The number of anilines is 1. The zero-order valence-electron chi connectivity index (χ0n) is 14.2. The average Bonchev–Trinajstić information content (AvgIpc) is 2.61. The first kappa shape index (κ1) is 20.5. The number of carbonyl (C=O) groups excluding carboxylic acids is 2. The van der Waals surface area contributed by atoms with Crippen molar-refractivity contribution in [1.29, 1.82) is 0 Å². The Balaban J connectivity index is 2.04. The van der Waals surface area contributed by atoms with Crippen molar-refractivity contribution in [1.82, 2.24) is 0 Å². The van der Waals surface area contributed by atoms with Crippen molar-refractivity contribution >= 4 is 46.5 Å². The van der Waals surface area contributed by atoms with Gasteiger partial charge in [0.25, 0.3) is 11.6 Å². The number of benzene rings is 2. The van der Waals surface area contributed by atoms with Gasteiger partial charge in [0.05, 0.1) is 27.6 Å². The van der Waals surface area contributed by atoms with E-state index in [0.29, 0.717) is 16.5 Å². The van der Waals surface area contributed by atoms with Gasteiger partial charge in [0.1, 0.15) is 5.75 Å². The number of nitro groups is 1. The van der Waals surface area contributed by atoms with Crippen LogP contribution in [0.1, 0.15) is 17.3 Å². The van der Waals surface area contributed by atoms with Gasteiger partial charge >= 0.3 is 5.97 Å². The van der Waals surface area contributed by atoms with Crippen molar-refractivity contribution in [3.05, 3.63) is 62.1 Å². The standard InChI is InChI=1S/C17H14Cl2N2O6/c1-9(16(22)20-10-3-6-15(26-2)14(19)7-10)27-17(23)12-5-4-11(21(24)25)8-13(12)18/h3-9H,1-2H3,(H,20,22)/t9-/m0/s1. The Bertz CT molecular complexity index is 903. The molecule has 0 saturated heterocycles. The highest BCUT2D eigenvalue weighted by Crippen LogP contribution is 2.27. The van der Waals surface area contributed by atoms with E-state index in [1.807, 2.05) is 0 Å². The molecule has 0 unspecified atom stereocenters. The third-order valence-electron chi connectivity index (χ3n) is 3.46. The molecular formula is C17H14Cl2N2O6. The molecule has 2 rings (SSSR count). The van der Waals surface area contributed by atoms with Crippen LogP contribution in [0.2, 0.25) is 10.0 Å². The van der Waals surface area contributed by atoms with E-state index in [4.69, 9.17) is 32.7 Å². The number of nitrogens with one attached hydrogen (secondary N) is 1. The van der Waals surface area contributed by atoms with Crippen molar-refractivity contribution < 1.29 is 24.0 Å². The predicted octanol–water partition coefficient (Wildman–Crippen LogP) is 4.09. The van der Waals surface area contributed by atoms with Gasteiger partial charge in [-0.3, -0.25) is 14.9 Å². The third kappa shape index (κ3) is 5.08. The lowest BCUT2D eigenvalue weighted by atomic mass is 10.2. The molecule has 2 aromatic carbocycles. The Labute approximate surface area is 164 Å². The monoisotopic (exact) mass is 412 g/mol. The second-order valence-electron chi connectivity index (χ2n) is 5.31. The van der Waals surface area contributed by atoms with Crippen LogP contribution in [0, 0.1) is 10.1 Å². The quantitative estimate of drug-likeness (QED) is 0.434. The molecule has 0 fully saturated rings. The van der Waals surface area contributed by atoms with Gasteiger partial charge in [-0.2, -0.15) is 0 Å². The first-order chi connectivity index (χ1) is 12.7. The van der Waals surface area contributed by atoms with Gasteiger partial charge in [-0.25, -0.2) is 4.79 Å². The van der Waals surface area contributed by atoms with Crippen molar-refractivity contribution in [2.75, 3.05) is 12.4 Å². The molecule has 0 aliphatic heterocycles. The number of non-ortho nitro benzene ring substituents is 1. The number of nitro benzene ring substituents is 1. The fourth-order valence-electron chi connectivity index (χ4n) is 2.05. The number of amides is 1. The van der Waals surface area contributed by atoms with Crippen molar-refractivity contribution in [2.45, 2.75) is 13.0 Å². The van der Waals surface area contributed by atoms with E-state index in [2.05, 4.69) is 5.32 Å². The van der Waals surface area contributed by atoms with E-state index < -0.39 is 22.9 Å². The minimum absolute atomic E-state index is 0.0885. The molecule has 0 spiro atoms. The lowest BCUT2D eigenvalue weighted by Crippen LogP contribution is -2.30. The normalized spacial score (nSPS) is 11.4. The lowest BCUT2D eigenvalue weighted by molar-refractivity contribution is -0.384. The molecule has 142 valence electrons. The fourth-order valence-corrected chi connectivity index (χ4v) is 2.56. The van der Waals surface area contributed by atoms with E-state index in [0.717, 1.165) is 18.2 Å². The van der Waals surface area contributed by atoms with Crippen LogP contribution in [0.4, 0.5) is 11.4 Å². The zero-order chi connectivity index (χ0) is 20.1. The molecule has 1 N–H and O–H groups in total. The Morgan fingerprint density at radius 1 is 1.15 bits per heavy atom. The van der Waals surface area contributed by atoms with E-state index in [1.54, 1.807) is 12.1 Å². The highest BCUT2D eigenvalue weighted by molar-refractivity contribution is 6.34. The highest BCUT2D eigenvalue weighted by atomic mass is 35.5. The summed E-state index contributed by atoms with van der Waals surface area (Å²) in [5, 5.41) is 13.4. The molecule has 0 aliphatic rings. The number of hydrogen-bond donors (Lipinski definition) is 1. The van der Waals surface area contributed by atoms with Crippen LogP contribution in [0.5, 0.6) is 5.75 Å². The Hall–Kier alpha value is -2.84. The molecule has 1 atom stereocenters. The lowest BCUT2D eigenvalue weighted by Gasteiger charge is -2.14. The largest absolute Gasteiger partial charge is 0.495 e. The van der Waals surface area contributed by atoms with Crippen LogP contribution in [-0.2, 0) is 9.53 Å². The number of nitrogens with zero attached hydrogens (tertiary/aromatic N) is 1. The summed E-state index contributed by atoms with van der Waals surface area (Å²) in [7, 11) is 1.46. The topological polar surface area (TPSA) is 108 Å². The fraction of sp³-hybridized carbons (Fsp3) is 0.176. The number of carbonyl (C=O) groups is 2. The molecule has 0 aliphatic carbocycles. The van der Waals surface area contributed by atoms with Gasteiger partial charge in [-0.05, 0) is 31.2 Å². The summed E-state index contributed by atoms with van der Waals surface area (Å²) in [5.74, 6) is -1.03. The summed E-state index contributed by atoms with van der Waals surface area (Å²) in [5.41, 5.74) is 0.0372. The van der Waals surface area contributed by atoms with Gasteiger partial charge < -0.3 is 14.8 Å². The van der Waals surface area contributed by atoms with E-state index >= 15 is 0 Å². The molecular weight excluding hydrogens is 399 g/mol. The number of methoxy groups -OCH3 is 1. The second-order valence-corrected chi connectivity index (χ2v) is 6.12. The van der Waals surface area contributed by atoms with Gasteiger partial charge in [-0.15, -0.1) is 0 Å². The van der Waals surface area contributed by atoms with Gasteiger partial charge in [0.2, 0.25) is 0 Å². The molecule has 2 aromatic rings. The first-order valence-corrected chi connectivity index (χ1v) is 8.28. The minimum atomic E-state index is -1.15. The van der Waals surface area contributed by atoms with Crippen LogP contribution in [-0.4, -0.2) is 30.0 Å². The van der Waals surface area contributed by atoms with Gasteiger partial charge in [-0.1, -0.05) is 23.2 Å². The maximum absolute atomic E-state index is 12.2. The molecule has 10 heteroatoms. The maximum atomic E-state index is 12.2. The SMILES string of the molecule is COc1ccc(NC(=O)[C@H](C)OC(=O)c2ccc([N+](=O)[O-])cc2Cl)cc1Cl. The second kappa shape index (κ2) is 8.70. The van der Waals surface area contributed by atoms with Crippen LogP contribution in [0.15, 0.2) is 36.4 Å². The number of esters is 1. The van der Waals surface area contributed by atoms with Crippen molar-refractivity contribution in [3.8, 4) is 5.75 Å². The summed E-state index contributed by atoms with van der Waals surface area (Å²) >= 11 is 11.9. The van der Waals surface area contributed by atoms with Gasteiger partial charge in [0, 0.05) is 17.8 Å². The summed E-state index contributed by atoms with van der Waals surface area (Å²) in [6, 6.07) is 7.95. The Kier molecular flexibility index (Phi) is 6.59. The van der Waals surface area contributed by atoms with E-state index in [9.17, 15) is 19.7 Å². The number of rotatable bonds is 6. The van der Waals surface area contributed by atoms with Crippen LogP contribution in [0.25, 0.3) is 0 Å². The molecule has 0 bridgehead atoms. The molecule has 1 amide bonds. The molecule has 0 aromatic heterocycles. The Morgan fingerprint density at radius 3 is 2.41 bits per heavy atom. The summed E-state index contributed by atoms with van der Waals surface area (Å²) in [4.78, 5) is 34.4. The van der Waals surface area contributed by atoms with Crippen molar-refractivity contribution in [2.24, 2.45) is 0 Å². The van der Waals surface area contributed by atoms with Crippen LogP contribution < -0.4 is 10.1 Å². The molecule has 27 heavy (non-hydrogen) atoms. The Morgan fingerprint density at radius 2 is 1.85 bits per heavy atom. The number of ether oxygens (including phenoxy) is 2. The summed E-state index contributed by atoms with van der Waals surface area (Å²) in [6.07, 6.45) is -1.15. The maximum Gasteiger partial charge on any atom is 0.340 e. The molecule has 0 heterocycles. The predicted molar refractivity (Wildman–Crippen MR) is 99.6 cm³/mol. The minimum Gasteiger partial charge on any atom is -0.495 e. The summed E-state index contributed by atoms with van der Waals surface area (Å²) in [6.45, 7) is 1.37. The van der Waals surface area contributed by atoms with E-state index in [1.165, 1.54) is 20.1 Å². The average molecular weight is 413 g/mol. The smallest absolute Gasteiger partial charge is 0.340 e. The molecule has 0 radical (unpaired) electrons. The highest BCUT2D eigenvalue weighted by Gasteiger charge is 2.22. The molecule has 8 nitrogen and oxygen atoms in total. The number of halogens is 2. The van der Waals surface area contributed by atoms with Gasteiger partial charge in [0.15, 0.2) is 6.10 Å². The number of hydrogen-bond acceptors (Lipinski definition) is 6. The molecule has 0 saturated carbocycles.